The van der Waals surface area contributed by atoms with Gasteiger partial charge in [0, 0.05) is 0 Å². The second-order valence-electron chi connectivity index (χ2n) is 3.33. The van der Waals surface area contributed by atoms with E-state index in [0.717, 1.165) is 5.69 Å². The summed E-state index contributed by atoms with van der Waals surface area (Å²) < 4.78 is 16.7. The molecule has 0 unspecified atom stereocenters. The van der Waals surface area contributed by atoms with E-state index in [1.807, 2.05) is 13.0 Å². The number of aromatic nitrogens is 1. The molecule has 0 aromatic carbocycles. The van der Waals surface area contributed by atoms with Crippen molar-refractivity contribution in [2.75, 3.05) is 7.11 Å². The first-order chi connectivity index (χ1) is 7.76. The molecule has 5 nitrogen and oxygen atoms in total. The summed E-state index contributed by atoms with van der Waals surface area (Å²) >= 11 is 0. The lowest BCUT2D eigenvalue weighted by Crippen LogP contribution is -2.17. The Kier molecular flexibility index (Phi) is 2.85. The minimum Gasteiger partial charge on any atom is -0.467 e. The Labute approximate surface area is 92.2 Å². The van der Waals surface area contributed by atoms with Crippen molar-refractivity contribution in [1.29, 1.82) is 0 Å². The predicted octanol–water partition coefficient (Wildman–Crippen LogP) is 1.65. The van der Waals surface area contributed by atoms with E-state index in [1.165, 1.54) is 11.7 Å². The molecule has 0 aliphatic heterocycles. The fourth-order valence-electron chi connectivity index (χ4n) is 1.63. The van der Waals surface area contributed by atoms with Crippen LogP contribution in [0.1, 0.15) is 18.4 Å². The van der Waals surface area contributed by atoms with Crippen LogP contribution in [0.5, 0.6) is 5.95 Å². The Morgan fingerprint density at radius 2 is 2.31 bits per heavy atom. The molecule has 86 valence electrons. The summed E-state index contributed by atoms with van der Waals surface area (Å²) in [7, 11) is 1.48. The highest BCUT2D eigenvalue weighted by Crippen LogP contribution is 2.18. The zero-order chi connectivity index (χ0) is 11.5. The van der Waals surface area contributed by atoms with Gasteiger partial charge in [0.1, 0.15) is 11.5 Å². The molecule has 0 spiro atoms. The quantitative estimate of drug-likeness (QED) is 0.790. The zero-order valence-electron chi connectivity index (χ0n) is 9.23. The molecule has 0 aliphatic rings. The number of hydrogen-bond acceptors (Lipinski definition) is 4. The van der Waals surface area contributed by atoms with Gasteiger partial charge < -0.3 is 13.6 Å². The van der Waals surface area contributed by atoms with E-state index in [0.29, 0.717) is 18.7 Å². The van der Waals surface area contributed by atoms with Crippen LogP contribution >= 0.6 is 0 Å². The lowest BCUT2D eigenvalue weighted by molar-refractivity contribution is 0.290. The van der Waals surface area contributed by atoms with E-state index in [4.69, 9.17) is 13.6 Å². The normalized spacial score (nSPS) is 10.6. The minimum atomic E-state index is -0.426. The molecule has 0 bridgehead atoms. The van der Waals surface area contributed by atoms with Gasteiger partial charge in [0.25, 0.3) is 0 Å². The molecule has 2 aromatic rings. The van der Waals surface area contributed by atoms with Crippen molar-refractivity contribution in [2.24, 2.45) is 0 Å². The van der Waals surface area contributed by atoms with E-state index in [9.17, 15) is 4.79 Å². The standard InChI is InChI=1S/C11H13NO4/c1-3-9-10(14-2)16-11(13)12(9)7-8-5-4-6-15-8/h4-6H,3,7H2,1-2H3. The molecule has 2 rings (SSSR count). The van der Waals surface area contributed by atoms with Crippen LogP contribution in [-0.2, 0) is 13.0 Å². The van der Waals surface area contributed by atoms with Crippen molar-refractivity contribution in [1.82, 2.24) is 4.57 Å². The van der Waals surface area contributed by atoms with E-state index in [-0.39, 0.29) is 5.95 Å². The van der Waals surface area contributed by atoms with Crippen molar-refractivity contribution >= 4 is 0 Å². The summed E-state index contributed by atoms with van der Waals surface area (Å²) in [5.74, 6) is 0.560. The highest BCUT2D eigenvalue weighted by Gasteiger charge is 2.16. The Morgan fingerprint density at radius 3 is 2.88 bits per heavy atom. The number of ether oxygens (including phenoxy) is 1. The molecule has 0 saturated heterocycles. The molecule has 0 aliphatic carbocycles. The number of furan rings is 1. The van der Waals surface area contributed by atoms with Crippen molar-refractivity contribution < 1.29 is 13.6 Å². The SMILES string of the molecule is CCc1c(OC)oc(=O)n1Cc1ccco1. The Bertz CT molecular complexity index is 507. The highest BCUT2D eigenvalue weighted by molar-refractivity contribution is 5.16. The molecule has 5 heteroatoms. The van der Waals surface area contributed by atoms with Crippen LogP contribution in [-0.4, -0.2) is 11.7 Å². The van der Waals surface area contributed by atoms with E-state index in [2.05, 4.69) is 0 Å². The summed E-state index contributed by atoms with van der Waals surface area (Å²) in [5, 5.41) is 0. The average Bonchev–Trinajstić information content (AvgIpc) is 2.88. The second kappa shape index (κ2) is 4.30. The molecular weight excluding hydrogens is 210 g/mol. The molecule has 2 aromatic heterocycles. The third-order valence-corrected chi connectivity index (χ3v) is 2.38. The number of hydrogen-bond donors (Lipinski definition) is 0. The van der Waals surface area contributed by atoms with Gasteiger partial charge in [-0.25, -0.2) is 4.79 Å². The first-order valence-electron chi connectivity index (χ1n) is 5.05. The summed E-state index contributed by atoms with van der Waals surface area (Å²) in [5.41, 5.74) is 0.740. The largest absolute Gasteiger partial charge is 0.467 e. The van der Waals surface area contributed by atoms with Gasteiger partial charge >= 0.3 is 11.7 Å². The Balaban J connectivity index is 2.40. The maximum atomic E-state index is 11.6. The fourth-order valence-corrected chi connectivity index (χ4v) is 1.63. The van der Waals surface area contributed by atoms with Crippen LogP contribution < -0.4 is 10.5 Å². The maximum absolute atomic E-state index is 11.6. The van der Waals surface area contributed by atoms with Crippen LogP contribution in [0.15, 0.2) is 32.0 Å². The topological polar surface area (TPSA) is 57.5 Å². The first kappa shape index (κ1) is 10.6. The highest BCUT2D eigenvalue weighted by atomic mass is 16.6. The molecule has 0 radical (unpaired) electrons. The Hall–Kier alpha value is -1.91. The van der Waals surface area contributed by atoms with E-state index < -0.39 is 5.76 Å². The Morgan fingerprint density at radius 1 is 1.50 bits per heavy atom. The maximum Gasteiger partial charge on any atom is 0.422 e. The first-order valence-corrected chi connectivity index (χ1v) is 5.05. The van der Waals surface area contributed by atoms with Crippen LogP contribution in [0, 0.1) is 0 Å². The molecular formula is C11H13NO4. The van der Waals surface area contributed by atoms with Gasteiger partial charge in [-0.1, -0.05) is 6.92 Å². The smallest absolute Gasteiger partial charge is 0.422 e. The predicted molar refractivity (Wildman–Crippen MR) is 56.7 cm³/mol. The third kappa shape index (κ3) is 1.76. The average molecular weight is 223 g/mol. The van der Waals surface area contributed by atoms with E-state index in [1.54, 1.807) is 12.3 Å². The van der Waals surface area contributed by atoms with Crippen molar-refractivity contribution in [3.63, 3.8) is 0 Å². The summed E-state index contributed by atoms with van der Waals surface area (Å²) in [6.07, 6.45) is 2.24. The van der Waals surface area contributed by atoms with Crippen LogP contribution in [0.3, 0.4) is 0 Å². The van der Waals surface area contributed by atoms with Gasteiger partial charge in [0.05, 0.1) is 19.9 Å². The van der Waals surface area contributed by atoms with Crippen LogP contribution in [0.2, 0.25) is 0 Å². The lowest BCUT2D eigenvalue weighted by Gasteiger charge is -2.02. The van der Waals surface area contributed by atoms with Gasteiger partial charge in [0.15, 0.2) is 0 Å². The molecule has 0 atom stereocenters. The van der Waals surface area contributed by atoms with Crippen molar-refractivity contribution in [3.8, 4) is 5.95 Å². The molecule has 2 heterocycles. The van der Waals surface area contributed by atoms with Gasteiger partial charge in [-0.15, -0.1) is 0 Å². The molecule has 0 fully saturated rings. The fraction of sp³-hybridized carbons (Fsp3) is 0.364. The molecule has 0 N–H and O–H groups in total. The second-order valence-corrected chi connectivity index (χ2v) is 3.33. The number of nitrogens with zero attached hydrogens (tertiary/aromatic N) is 1. The lowest BCUT2D eigenvalue weighted by atomic mass is 10.3. The monoisotopic (exact) mass is 223 g/mol. The molecule has 0 amide bonds. The third-order valence-electron chi connectivity index (χ3n) is 2.38. The molecule has 16 heavy (non-hydrogen) atoms. The number of methoxy groups -OCH3 is 1. The summed E-state index contributed by atoms with van der Waals surface area (Å²) in [6.45, 7) is 2.30. The molecule has 0 saturated carbocycles. The van der Waals surface area contributed by atoms with Crippen LogP contribution in [0.4, 0.5) is 0 Å². The van der Waals surface area contributed by atoms with Gasteiger partial charge in [-0.3, -0.25) is 4.57 Å². The summed E-state index contributed by atoms with van der Waals surface area (Å²) in [6, 6.07) is 3.59. The number of rotatable bonds is 4. The van der Waals surface area contributed by atoms with Crippen molar-refractivity contribution in [2.45, 2.75) is 19.9 Å². The van der Waals surface area contributed by atoms with Gasteiger partial charge in [-0.2, -0.15) is 0 Å². The number of oxazole rings is 1. The van der Waals surface area contributed by atoms with Gasteiger partial charge in [-0.05, 0) is 18.6 Å². The van der Waals surface area contributed by atoms with Gasteiger partial charge in [0.2, 0.25) is 0 Å². The van der Waals surface area contributed by atoms with Crippen molar-refractivity contribution in [3.05, 3.63) is 40.4 Å². The van der Waals surface area contributed by atoms with Crippen LogP contribution in [0.25, 0.3) is 0 Å². The van der Waals surface area contributed by atoms with E-state index >= 15 is 0 Å². The summed E-state index contributed by atoms with van der Waals surface area (Å²) in [4.78, 5) is 11.6. The zero-order valence-corrected chi connectivity index (χ0v) is 9.23. The minimum absolute atomic E-state index is 0.277.